The number of aryl methyl sites for hydroxylation is 2. The second-order valence-electron chi connectivity index (χ2n) is 2.96. The minimum atomic E-state index is 0.596. The Bertz CT molecular complexity index is 280. The molecule has 13 heavy (non-hydrogen) atoms. The third kappa shape index (κ3) is 3.14. The lowest BCUT2D eigenvalue weighted by atomic mass is 10.3. The van der Waals surface area contributed by atoms with E-state index in [9.17, 15) is 0 Å². The van der Waals surface area contributed by atoms with Crippen molar-refractivity contribution in [2.45, 2.75) is 32.7 Å². The van der Waals surface area contributed by atoms with Gasteiger partial charge in [-0.25, -0.2) is 4.98 Å². The monoisotopic (exact) mass is 197 g/mol. The van der Waals surface area contributed by atoms with Gasteiger partial charge in [0.25, 0.3) is 0 Å². The maximum atomic E-state index is 5.41. The molecule has 0 aliphatic heterocycles. The molecule has 0 atom stereocenters. The van der Waals surface area contributed by atoms with Crippen molar-refractivity contribution >= 4 is 17.2 Å². The fourth-order valence-electron chi connectivity index (χ4n) is 1.28. The van der Waals surface area contributed by atoms with E-state index in [-0.39, 0.29) is 0 Å². The van der Waals surface area contributed by atoms with Crippen molar-refractivity contribution in [3.63, 3.8) is 0 Å². The van der Waals surface area contributed by atoms with Gasteiger partial charge in [0.1, 0.15) is 5.82 Å². The van der Waals surface area contributed by atoms with E-state index in [0.29, 0.717) is 4.99 Å². The van der Waals surface area contributed by atoms with Gasteiger partial charge in [-0.3, -0.25) is 0 Å². The van der Waals surface area contributed by atoms with Crippen molar-refractivity contribution in [1.82, 2.24) is 9.55 Å². The summed E-state index contributed by atoms with van der Waals surface area (Å²) >= 11 is 4.80. The molecular weight excluding hydrogens is 182 g/mol. The van der Waals surface area contributed by atoms with Crippen LogP contribution < -0.4 is 5.73 Å². The second kappa shape index (κ2) is 4.97. The predicted octanol–water partition coefficient (Wildman–Crippen LogP) is 1.51. The summed E-state index contributed by atoms with van der Waals surface area (Å²) in [6.07, 6.45) is 6.62. The minimum absolute atomic E-state index is 0.596. The van der Waals surface area contributed by atoms with E-state index in [1.54, 1.807) is 0 Å². The maximum Gasteiger partial charge on any atom is 0.108 e. The highest BCUT2D eigenvalue weighted by Crippen LogP contribution is 2.01. The average molecular weight is 197 g/mol. The van der Waals surface area contributed by atoms with Crippen LogP contribution in [0.4, 0.5) is 0 Å². The molecule has 0 amide bonds. The van der Waals surface area contributed by atoms with E-state index in [0.717, 1.165) is 31.6 Å². The molecule has 0 radical (unpaired) electrons. The molecule has 0 bridgehead atoms. The summed E-state index contributed by atoms with van der Waals surface area (Å²) in [6, 6.07) is 0. The van der Waals surface area contributed by atoms with E-state index >= 15 is 0 Å². The van der Waals surface area contributed by atoms with Crippen LogP contribution in [0.2, 0.25) is 0 Å². The Morgan fingerprint density at radius 2 is 2.46 bits per heavy atom. The molecule has 2 N–H and O–H groups in total. The first-order chi connectivity index (χ1) is 6.24. The molecule has 0 saturated heterocycles. The average Bonchev–Trinajstić information content (AvgIpc) is 2.51. The summed E-state index contributed by atoms with van der Waals surface area (Å²) in [5.41, 5.74) is 5.41. The molecule has 0 aliphatic carbocycles. The molecule has 0 aromatic carbocycles. The SMILES string of the molecule is CCc1nccn1CCCC(N)=S. The Kier molecular flexibility index (Phi) is 3.89. The van der Waals surface area contributed by atoms with Gasteiger partial charge in [-0.05, 0) is 12.8 Å². The summed E-state index contributed by atoms with van der Waals surface area (Å²) in [5, 5.41) is 0. The third-order valence-corrected chi connectivity index (χ3v) is 2.14. The fraction of sp³-hybridized carbons (Fsp3) is 0.556. The number of hydrogen-bond acceptors (Lipinski definition) is 2. The molecule has 0 fully saturated rings. The first-order valence-electron chi connectivity index (χ1n) is 4.52. The van der Waals surface area contributed by atoms with E-state index in [4.69, 9.17) is 18.0 Å². The Labute approximate surface area is 84.0 Å². The topological polar surface area (TPSA) is 43.8 Å². The number of nitrogens with two attached hydrogens (primary N) is 1. The maximum absolute atomic E-state index is 5.41. The standard InChI is InChI=1S/C9H15N3S/c1-2-9-11-5-7-12(9)6-3-4-8(10)13/h5,7H,2-4,6H2,1H3,(H2,10,13). The number of hydrogen-bond donors (Lipinski definition) is 1. The first kappa shape index (κ1) is 10.2. The van der Waals surface area contributed by atoms with Crippen LogP contribution in [-0.2, 0) is 13.0 Å². The molecule has 0 saturated carbocycles. The molecule has 1 heterocycles. The van der Waals surface area contributed by atoms with Crippen molar-refractivity contribution in [2.75, 3.05) is 0 Å². The van der Waals surface area contributed by atoms with Gasteiger partial charge in [-0.2, -0.15) is 0 Å². The Morgan fingerprint density at radius 1 is 1.69 bits per heavy atom. The highest BCUT2D eigenvalue weighted by Gasteiger charge is 1.99. The molecule has 1 aromatic rings. The number of aromatic nitrogens is 2. The van der Waals surface area contributed by atoms with Crippen LogP contribution in [0.3, 0.4) is 0 Å². The van der Waals surface area contributed by atoms with Crippen molar-refractivity contribution in [3.05, 3.63) is 18.2 Å². The minimum Gasteiger partial charge on any atom is -0.393 e. The van der Waals surface area contributed by atoms with Crippen LogP contribution in [-0.4, -0.2) is 14.5 Å². The Hall–Kier alpha value is -0.900. The van der Waals surface area contributed by atoms with Gasteiger partial charge in [0.15, 0.2) is 0 Å². The van der Waals surface area contributed by atoms with Crippen molar-refractivity contribution in [2.24, 2.45) is 5.73 Å². The lowest BCUT2D eigenvalue weighted by molar-refractivity contribution is 0.627. The molecular formula is C9H15N3S. The van der Waals surface area contributed by atoms with Gasteiger partial charge < -0.3 is 10.3 Å². The van der Waals surface area contributed by atoms with E-state index in [2.05, 4.69) is 16.5 Å². The molecule has 3 nitrogen and oxygen atoms in total. The normalized spacial score (nSPS) is 10.2. The fourth-order valence-corrected chi connectivity index (χ4v) is 1.43. The Morgan fingerprint density at radius 3 is 3.08 bits per heavy atom. The molecule has 1 rings (SSSR count). The Balaban J connectivity index is 2.40. The summed E-state index contributed by atoms with van der Waals surface area (Å²) in [6.45, 7) is 3.06. The van der Waals surface area contributed by atoms with E-state index in [1.165, 1.54) is 0 Å². The zero-order chi connectivity index (χ0) is 9.68. The molecule has 1 aromatic heterocycles. The van der Waals surface area contributed by atoms with E-state index < -0.39 is 0 Å². The molecule has 0 unspecified atom stereocenters. The van der Waals surface area contributed by atoms with Crippen molar-refractivity contribution < 1.29 is 0 Å². The van der Waals surface area contributed by atoms with Crippen molar-refractivity contribution in [1.29, 1.82) is 0 Å². The number of rotatable bonds is 5. The lowest BCUT2D eigenvalue weighted by Crippen LogP contribution is -2.09. The quantitative estimate of drug-likeness (QED) is 0.728. The lowest BCUT2D eigenvalue weighted by Gasteiger charge is -2.04. The highest BCUT2D eigenvalue weighted by atomic mass is 32.1. The summed E-state index contributed by atoms with van der Waals surface area (Å²) in [7, 11) is 0. The van der Waals surface area contributed by atoms with Crippen LogP contribution in [0.25, 0.3) is 0 Å². The highest BCUT2D eigenvalue weighted by molar-refractivity contribution is 7.80. The largest absolute Gasteiger partial charge is 0.393 e. The van der Waals surface area contributed by atoms with Crippen LogP contribution in [0.15, 0.2) is 12.4 Å². The van der Waals surface area contributed by atoms with Crippen LogP contribution >= 0.6 is 12.2 Å². The van der Waals surface area contributed by atoms with Crippen molar-refractivity contribution in [3.8, 4) is 0 Å². The van der Waals surface area contributed by atoms with Gasteiger partial charge in [-0.15, -0.1) is 0 Å². The third-order valence-electron chi connectivity index (χ3n) is 1.94. The van der Waals surface area contributed by atoms with Crippen LogP contribution in [0.5, 0.6) is 0 Å². The summed E-state index contributed by atoms with van der Waals surface area (Å²) in [5.74, 6) is 1.13. The van der Waals surface area contributed by atoms with Gasteiger partial charge in [-0.1, -0.05) is 19.1 Å². The number of nitrogens with zero attached hydrogens (tertiary/aromatic N) is 2. The molecule has 0 aliphatic rings. The van der Waals surface area contributed by atoms with Gasteiger partial charge >= 0.3 is 0 Å². The van der Waals surface area contributed by atoms with Gasteiger partial charge in [0.2, 0.25) is 0 Å². The second-order valence-corrected chi connectivity index (χ2v) is 3.48. The van der Waals surface area contributed by atoms with Gasteiger partial charge in [0, 0.05) is 25.4 Å². The number of imidazole rings is 1. The summed E-state index contributed by atoms with van der Waals surface area (Å²) < 4.78 is 2.15. The zero-order valence-electron chi connectivity index (χ0n) is 7.86. The van der Waals surface area contributed by atoms with Crippen LogP contribution in [0.1, 0.15) is 25.6 Å². The van der Waals surface area contributed by atoms with Crippen LogP contribution in [0, 0.1) is 0 Å². The van der Waals surface area contributed by atoms with Gasteiger partial charge in [0.05, 0.1) is 4.99 Å². The predicted molar refractivity (Wildman–Crippen MR) is 57.6 cm³/mol. The smallest absolute Gasteiger partial charge is 0.108 e. The summed E-state index contributed by atoms with van der Waals surface area (Å²) in [4.78, 5) is 4.83. The molecule has 4 heteroatoms. The zero-order valence-corrected chi connectivity index (χ0v) is 8.68. The van der Waals surface area contributed by atoms with E-state index in [1.807, 2.05) is 12.4 Å². The molecule has 0 spiro atoms. The molecule has 72 valence electrons. The first-order valence-corrected chi connectivity index (χ1v) is 4.93. The number of thiocarbonyl (C=S) groups is 1.